The standard InChI is InChI=1S/C18H28N4O4S/c1-18(15-9-19-20(2)10-15)13-22(7-8-26-18)27(24,25)16-11-21(12-16)17(23)14-5-3-4-6-14/h9-10,14,16H,3-8,11-13H2,1-2H3/t18-/m0/s1. The quantitative estimate of drug-likeness (QED) is 0.748. The smallest absolute Gasteiger partial charge is 0.225 e. The number of aromatic nitrogens is 2. The predicted octanol–water partition coefficient (Wildman–Crippen LogP) is 0.698. The average Bonchev–Trinajstić information content (AvgIpc) is 3.25. The van der Waals surface area contributed by atoms with Crippen LogP contribution in [0.25, 0.3) is 0 Å². The topological polar surface area (TPSA) is 84.7 Å². The second-order valence-electron chi connectivity index (χ2n) is 8.21. The lowest BCUT2D eigenvalue weighted by atomic mass is 9.98. The average molecular weight is 397 g/mol. The van der Waals surface area contributed by atoms with Gasteiger partial charge in [-0.3, -0.25) is 9.48 Å². The zero-order valence-corrected chi connectivity index (χ0v) is 16.8. The second kappa shape index (κ2) is 6.86. The van der Waals surface area contributed by atoms with Crippen LogP contribution >= 0.6 is 0 Å². The van der Waals surface area contributed by atoms with E-state index in [4.69, 9.17) is 4.74 Å². The summed E-state index contributed by atoms with van der Waals surface area (Å²) >= 11 is 0. The molecule has 0 spiro atoms. The molecule has 3 aliphatic rings. The summed E-state index contributed by atoms with van der Waals surface area (Å²) in [5.41, 5.74) is 0.166. The number of ether oxygens (including phenoxy) is 1. The number of carbonyl (C=O) groups is 1. The van der Waals surface area contributed by atoms with Gasteiger partial charge in [-0.15, -0.1) is 0 Å². The number of aryl methyl sites for hydroxylation is 1. The molecule has 0 unspecified atom stereocenters. The van der Waals surface area contributed by atoms with Gasteiger partial charge in [-0.1, -0.05) is 12.8 Å². The molecule has 0 N–H and O–H groups in total. The van der Waals surface area contributed by atoms with Gasteiger partial charge in [-0.2, -0.15) is 9.40 Å². The minimum atomic E-state index is -3.46. The molecule has 0 bridgehead atoms. The number of nitrogens with zero attached hydrogens (tertiary/aromatic N) is 4. The van der Waals surface area contributed by atoms with E-state index in [1.165, 1.54) is 4.31 Å². The fourth-order valence-corrected chi connectivity index (χ4v) is 6.28. The van der Waals surface area contributed by atoms with Gasteiger partial charge in [0.05, 0.1) is 12.8 Å². The molecule has 1 amide bonds. The van der Waals surface area contributed by atoms with Crippen LogP contribution in [0.3, 0.4) is 0 Å². The van der Waals surface area contributed by atoms with Gasteiger partial charge in [-0.25, -0.2) is 8.42 Å². The van der Waals surface area contributed by atoms with Gasteiger partial charge >= 0.3 is 0 Å². The van der Waals surface area contributed by atoms with E-state index in [1.807, 2.05) is 20.2 Å². The molecule has 8 nitrogen and oxygen atoms in total. The molecule has 2 saturated heterocycles. The van der Waals surface area contributed by atoms with Crippen LogP contribution in [0.2, 0.25) is 0 Å². The van der Waals surface area contributed by atoms with E-state index in [1.54, 1.807) is 15.8 Å². The van der Waals surface area contributed by atoms with Gasteiger partial charge < -0.3 is 9.64 Å². The number of carbonyl (C=O) groups excluding carboxylic acids is 1. The van der Waals surface area contributed by atoms with Gasteiger partial charge in [0.25, 0.3) is 0 Å². The number of hydrogen-bond donors (Lipinski definition) is 0. The highest BCUT2D eigenvalue weighted by Gasteiger charge is 2.47. The zero-order chi connectivity index (χ0) is 19.2. The third kappa shape index (κ3) is 3.40. The summed E-state index contributed by atoms with van der Waals surface area (Å²) in [4.78, 5) is 14.2. The molecule has 3 fully saturated rings. The fraction of sp³-hybridized carbons (Fsp3) is 0.778. The first kappa shape index (κ1) is 18.9. The summed E-state index contributed by atoms with van der Waals surface area (Å²) in [6.07, 6.45) is 7.68. The van der Waals surface area contributed by atoms with Crippen molar-refractivity contribution in [3.63, 3.8) is 0 Å². The highest BCUT2D eigenvalue weighted by atomic mass is 32.2. The zero-order valence-electron chi connectivity index (χ0n) is 16.0. The molecule has 0 aromatic carbocycles. The molecule has 1 aromatic rings. The Morgan fingerprint density at radius 1 is 1.30 bits per heavy atom. The Morgan fingerprint density at radius 2 is 2.00 bits per heavy atom. The van der Waals surface area contributed by atoms with Crippen molar-refractivity contribution in [1.82, 2.24) is 19.0 Å². The molecule has 1 atom stereocenters. The van der Waals surface area contributed by atoms with Crippen LogP contribution in [0.5, 0.6) is 0 Å². The van der Waals surface area contributed by atoms with E-state index >= 15 is 0 Å². The Balaban J connectivity index is 1.41. The molecular weight excluding hydrogens is 368 g/mol. The summed E-state index contributed by atoms with van der Waals surface area (Å²) in [5, 5.41) is 3.68. The first-order valence-corrected chi connectivity index (χ1v) is 11.2. The van der Waals surface area contributed by atoms with Gasteiger partial charge in [-0.05, 0) is 19.8 Å². The SMILES string of the molecule is Cn1cc([C@]2(C)CN(S(=O)(=O)C3CN(C(=O)C4CCCC4)C3)CCO2)cn1. The van der Waals surface area contributed by atoms with Crippen LogP contribution in [0.15, 0.2) is 12.4 Å². The highest BCUT2D eigenvalue weighted by molar-refractivity contribution is 7.89. The largest absolute Gasteiger partial charge is 0.368 e. The second-order valence-corrected chi connectivity index (χ2v) is 10.4. The van der Waals surface area contributed by atoms with Gasteiger partial charge in [0, 0.05) is 50.9 Å². The third-order valence-corrected chi connectivity index (χ3v) is 8.37. The summed E-state index contributed by atoms with van der Waals surface area (Å²) in [5.74, 6) is 0.243. The van der Waals surface area contributed by atoms with Crippen molar-refractivity contribution in [2.75, 3.05) is 32.8 Å². The molecule has 150 valence electrons. The molecule has 3 heterocycles. The summed E-state index contributed by atoms with van der Waals surface area (Å²) in [6, 6.07) is 0. The minimum Gasteiger partial charge on any atom is -0.368 e. The molecule has 1 aromatic heterocycles. The molecule has 0 radical (unpaired) electrons. The summed E-state index contributed by atoms with van der Waals surface area (Å²) in [6.45, 7) is 3.51. The van der Waals surface area contributed by atoms with Crippen molar-refractivity contribution in [1.29, 1.82) is 0 Å². The molecule has 4 rings (SSSR count). The Morgan fingerprint density at radius 3 is 2.63 bits per heavy atom. The number of sulfonamides is 1. The maximum atomic E-state index is 13.1. The van der Waals surface area contributed by atoms with E-state index in [0.29, 0.717) is 26.2 Å². The van der Waals surface area contributed by atoms with Crippen LogP contribution in [0.1, 0.15) is 38.2 Å². The number of morpholine rings is 1. The lowest BCUT2D eigenvalue weighted by Crippen LogP contribution is -2.63. The van der Waals surface area contributed by atoms with Gasteiger partial charge in [0.15, 0.2) is 0 Å². The monoisotopic (exact) mass is 396 g/mol. The molecule has 2 aliphatic heterocycles. The van der Waals surface area contributed by atoms with Crippen molar-refractivity contribution >= 4 is 15.9 Å². The summed E-state index contributed by atoms with van der Waals surface area (Å²) < 4.78 is 35.3. The molecular formula is C18H28N4O4S. The van der Waals surface area contributed by atoms with E-state index in [9.17, 15) is 13.2 Å². The van der Waals surface area contributed by atoms with Crippen LogP contribution in [0, 0.1) is 5.92 Å². The Labute approximate surface area is 160 Å². The number of hydrogen-bond acceptors (Lipinski definition) is 5. The summed E-state index contributed by atoms with van der Waals surface area (Å²) in [7, 11) is -1.63. The van der Waals surface area contributed by atoms with E-state index in [-0.39, 0.29) is 18.4 Å². The lowest BCUT2D eigenvalue weighted by Gasteiger charge is -2.45. The minimum absolute atomic E-state index is 0.103. The van der Waals surface area contributed by atoms with Crippen molar-refractivity contribution in [2.24, 2.45) is 13.0 Å². The van der Waals surface area contributed by atoms with Crippen LogP contribution in [-0.2, 0) is 32.2 Å². The molecule has 9 heteroatoms. The van der Waals surface area contributed by atoms with Gasteiger partial charge in [0.2, 0.25) is 15.9 Å². The number of rotatable bonds is 4. The van der Waals surface area contributed by atoms with Crippen molar-refractivity contribution in [3.05, 3.63) is 18.0 Å². The van der Waals surface area contributed by atoms with Crippen molar-refractivity contribution in [2.45, 2.75) is 43.5 Å². The highest BCUT2D eigenvalue weighted by Crippen LogP contribution is 2.33. The van der Waals surface area contributed by atoms with E-state index in [2.05, 4.69) is 5.10 Å². The van der Waals surface area contributed by atoms with Crippen LogP contribution in [0.4, 0.5) is 0 Å². The Hall–Kier alpha value is -1.45. The van der Waals surface area contributed by atoms with Crippen molar-refractivity contribution in [3.8, 4) is 0 Å². The maximum absolute atomic E-state index is 13.1. The predicted molar refractivity (Wildman–Crippen MR) is 99.3 cm³/mol. The van der Waals surface area contributed by atoms with E-state index in [0.717, 1.165) is 31.2 Å². The normalized spacial score (nSPS) is 28.4. The van der Waals surface area contributed by atoms with Gasteiger partial charge in [0.1, 0.15) is 10.9 Å². The first-order chi connectivity index (χ1) is 12.8. The molecule has 1 aliphatic carbocycles. The number of amides is 1. The number of likely N-dealkylation sites (tertiary alicyclic amines) is 1. The Kier molecular flexibility index (Phi) is 4.80. The lowest BCUT2D eigenvalue weighted by molar-refractivity contribution is -0.138. The van der Waals surface area contributed by atoms with Crippen LogP contribution in [-0.4, -0.2) is 71.3 Å². The fourth-order valence-electron chi connectivity index (χ4n) is 4.37. The van der Waals surface area contributed by atoms with E-state index < -0.39 is 20.9 Å². The Bertz CT molecular complexity index is 811. The maximum Gasteiger partial charge on any atom is 0.225 e. The third-order valence-electron chi connectivity index (χ3n) is 6.20. The molecule has 1 saturated carbocycles. The van der Waals surface area contributed by atoms with Crippen LogP contribution < -0.4 is 0 Å². The van der Waals surface area contributed by atoms with Crippen molar-refractivity contribution < 1.29 is 17.9 Å². The molecule has 27 heavy (non-hydrogen) atoms. The first-order valence-electron chi connectivity index (χ1n) is 9.70.